The van der Waals surface area contributed by atoms with Crippen molar-refractivity contribution in [2.75, 3.05) is 31.0 Å². The standard InChI is InChI=1S/C26H26N2O7/c1-4-34-22-15-21(28-25(30)18-8-6-7-9-19(18)26(31)32)23(35-5-2)14-20(22)27-24(29)16-10-12-17(33-3)13-11-16/h6-15H,4-5H2,1-3H3,(H,27,29)(H,28,30)(H,31,32). The van der Waals surface area contributed by atoms with E-state index in [2.05, 4.69) is 10.6 Å². The number of benzene rings is 3. The molecule has 182 valence electrons. The summed E-state index contributed by atoms with van der Waals surface area (Å²) in [6.45, 7) is 4.15. The molecule has 2 amide bonds. The van der Waals surface area contributed by atoms with E-state index >= 15 is 0 Å². The van der Waals surface area contributed by atoms with Crippen molar-refractivity contribution < 1.29 is 33.7 Å². The third-order valence-corrected chi connectivity index (χ3v) is 4.93. The Labute approximate surface area is 202 Å². The number of hydrogen-bond acceptors (Lipinski definition) is 6. The second-order valence-corrected chi connectivity index (χ2v) is 7.20. The fourth-order valence-corrected chi connectivity index (χ4v) is 3.30. The Morgan fingerprint density at radius 3 is 1.77 bits per heavy atom. The highest BCUT2D eigenvalue weighted by Crippen LogP contribution is 2.37. The molecule has 3 aromatic carbocycles. The van der Waals surface area contributed by atoms with Gasteiger partial charge < -0.3 is 30.0 Å². The summed E-state index contributed by atoms with van der Waals surface area (Å²) in [6.07, 6.45) is 0. The van der Waals surface area contributed by atoms with Crippen LogP contribution in [0.25, 0.3) is 0 Å². The van der Waals surface area contributed by atoms with Crippen molar-refractivity contribution in [1.82, 2.24) is 0 Å². The molecule has 0 spiro atoms. The number of carboxylic acid groups (broad SMARTS) is 1. The number of anilines is 2. The van der Waals surface area contributed by atoms with E-state index in [1.54, 1.807) is 63.4 Å². The van der Waals surface area contributed by atoms with E-state index in [1.807, 2.05) is 0 Å². The van der Waals surface area contributed by atoms with Gasteiger partial charge in [-0.1, -0.05) is 12.1 Å². The van der Waals surface area contributed by atoms with Crippen molar-refractivity contribution in [3.63, 3.8) is 0 Å². The van der Waals surface area contributed by atoms with Crippen molar-refractivity contribution >= 4 is 29.2 Å². The Morgan fingerprint density at radius 2 is 1.29 bits per heavy atom. The lowest BCUT2D eigenvalue weighted by Gasteiger charge is -2.18. The minimum Gasteiger partial charge on any atom is -0.497 e. The first-order chi connectivity index (χ1) is 16.9. The summed E-state index contributed by atoms with van der Waals surface area (Å²) in [6, 6.07) is 15.6. The van der Waals surface area contributed by atoms with E-state index in [0.717, 1.165) is 0 Å². The molecular formula is C26H26N2O7. The van der Waals surface area contributed by atoms with Gasteiger partial charge in [0.25, 0.3) is 11.8 Å². The molecule has 0 radical (unpaired) electrons. The monoisotopic (exact) mass is 478 g/mol. The van der Waals surface area contributed by atoms with E-state index in [9.17, 15) is 19.5 Å². The van der Waals surface area contributed by atoms with Crippen LogP contribution in [0.2, 0.25) is 0 Å². The third-order valence-electron chi connectivity index (χ3n) is 4.93. The number of ether oxygens (including phenoxy) is 3. The van der Waals surface area contributed by atoms with Crippen LogP contribution < -0.4 is 24.8 Å². The average molecular weight is 479 g/mol. The summed E-state index contributed by atoms with van der Waals surface area (Å²) < 4.78 is 16.5. The highest BCUT2D eigenvalue weighted by molar-refractivity contribution is 6.11. The van der Waals surface area contributed by atoms with Crippen molar-refractivity contribution in [2.24, 2.45) is 0 Å². The van der Waals surface area contributed by atoms with Gasteiger partial charge in [-0.15, -0.1) is 0 Å². The molecule has 0 unspecified atom stereocenters. The minimum atomic E-state index is -1.22. The van der Waals surface area contributed by atoms with Gasteiger partial charge in [-0.2, -0.15) is 0 Å². The van der Waals surface area contributed by atoms with Gasteiger partial charge in [0.1, 0.15) is 17.2 Å². The van der Waals surface area contributed by atoms with Crippen molar-refractivity contribution in [2.45, 2.75) is 13.8 Å². The zero-order chi connectivity index (χ0) is 25.4. The molecule has 3 rings (SSSR count). The topological polar surface area (TPSA) is 123 Å². The Morgan fingerprint density at radius 1 is 0.771 bits per heavy atom. The van der Waals surface area contributed by atoms with Crippen molar-refractivity contribution in [1.29, 1.82) is 0 Å². The maximum absolute atomic E-state index is 12.9. The zero-order valence-electron chi connectivity index (χ0n) is 19.6. The molecule has 9 nitrogen and oxygen atoms in total. The van der Waals surface area contributed by atoms with E-state index in [-0.39, 0.29) is 35.1 Å². The molecule has 0 atom stereocenters. The lowest BCUT2D eigenvalue weighted by atomic mass is 10.1. The van der Waals surface area contributed by atoms with Gasteiger partial charge in [-0.05, 0) is 50.2 Å². The highest BCUT2D eigenvalue weighted by Gasteiger charge is 2.20. The SMILES string of the molecule is CCOc1cc(NC(=O)c2ccccc2C(=O)O)c(OCC)cc1NC(=O)c1ccc(OC)cc1. The van der Waals surface area contributed by atoms with Crippen LogP contribution in [0.1, 0.15) is 44.9 Å². The molecule has 0 aromatic heterocycles. The van der Waals surface area contributed by atoms with Crippen LogP contribution in [0.15, 0.2) is 60.7 Å². The molecule has 0 aliphatic carbocycles. The number of carboxylic acids is 1. The maximum atomic E-state index is 12.9. The number of nitrogens with one attached hydrogen (secondary N) is 2. The van der Waals surface area contributed by atoms with Crippen LogP contribution in [-0.4, -0.2) is 43.2 Å². The van der Waals surface area contributed by atoms with Gasteiger partial charge in [-0.25, -0.2) is 4.79 Å². The van der Waals surface area contributed by atoms with Gasteiger partial charge in [0.15, 0.2) is 0 Å². The van der Waals surface area contributed by atoms with Crippen LogP contribution in [0, 0.1) is 0 Å². The predicted octanol–water partition coefficient (Wildman–Crippen LogP) is 4.70. The van der Waals surface area contributed by atoms with Crippen LogP contribution >= 0.6 is 0 Å². The lowest BCUT2D eigenvalue weighted by Crippen LogP contribution is -2.18. The quantitative estimate of drug-likeness (QED) is 0.386. The normalized spacial score (nSPS) is 10.3. The fourth-order valence-electron chi connectivity index (χ4n) is 3.30. The Balaban J connectivity index is 1.94. The van der Waals surface area contributed by atoms with Gasteiger partial charge >= 0.3 is 5.97 Å². The summed E-state index contributed by atoms with van der Waals surface area (Å²) in [7, 11) is 1.54. The number of hydrogen-bond donors (Lipinski definition) is 3. The van der Waals surface area contributed by atoms with E-state index < -0.39 is 11.9 Å². The second kappa shape index (κ2) is 11.6. The number of carbonyl (C=O) groups excluding carboxylic acids is 2. The number of rotatable bonds is 10. The first kappa shape index (κ1) is 25.1. The molecule has 0 bridgehead atoms. The summed E-state index contributed by atoms with van der Waals surface area (Å²) in [5, 5.41) is 14.9. The van der Waals surface area contributed by atoms with E-state index in [0.29, 0.717) is 29.4 Å². The molecular weight excluding hydrogens is 452 g/mol. The van der Waals surface area contributed by atoms with Crippen LogP contribution in [0.5, 0.6) is 17.2 Å². The van der Waals surface area contributed by atoms with Crippen molar-refractivity contribution in [3.05, 3.63) is 77.4 Å². The molecule has 3 aromatic rings. The summed E-state index contributed by atoms with van der Waals surface area (Å²) in [4.78, 5) is 37.2. The second-order valence-electron chi connectivity index (χ2n) is 7.20. The molecule has 0 heterocycles. The average Bonchev–Trinajstić information content (AvgIpc) is 2.86. The maximum Gasteiger partial charge on any atom is 0.336 e. The number of carbonyl (C=O) groups is 3. The smallest absolute Gasteiger partial charge is 0.336 e. The Bertz CT molecular complexity index is 1220. The molecule has 0 saturated heterocycles. The third kappa shape index (κ3) is 6.08. The van der Waals surface area contributed by atoms with Gasteiger partial charge in [0, 0.05) is 17.7 Å². The minimum absolute atomic E-state index is 0.00251. The lowest BCUT2D eigenvalue weighted by molar-refractivity contribution is 0.0692. The Kier molecular flexibility index (Phi) is 8.29. The van der Waals surface area contributed by atoms with Crippen LogP contribution in [0.3, 0.4) is 0 Å². The van der Waals surface area contributed by atoms with Crippen LogP contribution in [-0.2, 0) is 0 Å². The largest absolute Gasteiger partial charge is 0.497 e. The van der Waals surface area contributed by atoms with Crippen LogP contribution in [0.4, 0.5) is 11.4 Å². The van der Waals surface area contributed by atoms with E-state index in [4.69, 9.17) is 14.2 Å². The molecule has 3 N–H and O–H groups in total. The van der Waals surface area contributed by atoms with E-state index in [1.165, 1.54) is 18.2 Å². The molecule has 0 saturated carbocycles. The van der Waals surface area contributed by atoms with Gasteiger partial charge in [0.05, 0.1) is 42.8 Å². The fraction of sp³-hybridized carbons (Fsp3) is 0.192. The summed E-state index contributed by atoms with van der Waals surface area (Å²) in [5.74, 6) is -1.00. The van der Waals surface area contributed by atoms with Gasteiger partial charge in [0.2, 0.25) is 0 Å². The molecule has 0 aliphatic heterocycles. The number of aromatic carboxylic acids is 1. The van der Waals surface area contributed by atoms with Crippen molar-refractivity contribution in [3.8, 4) is 17.2 Å². The van der Waals surface area contributed by atoms with Gasteiger partial charge in [-0.3, -0.25) is 9.59 Å². The molecule has 0 aliphatic rings. The number of methoxy groups -OCH3 is 1. The Hall–Kier alpha value is -4.53. The highest BCUT2D eigenvalue weighted by atomic mass is 16.5. The summed E-state index contributed by atoms with van der Waals surface area (Å²) >= 11 is 0. The number of amides is 2. The molecule has 35 heavy (non-hydrogen) atoms. The molecule has 9 heteroatoms. The first-order valence-electron chi connectivity index (χ1n) is 10.9. The first-order valence-corrected chi connectivity index (χ1v) is 10.9. The predicted molar refractivity (Wildman–Crippen MR) is 131 cm³/mol. The molecule has 0 fully saturated rings. The summed E-state index contributed by atoms with van der Waals surface area (Å²) in [5.41, 5.74) is 0.894. The zero-order valence-corrected chi connectivity index (χ0v) is 19.6.